The number of nitrogens with one attached hydrogen (secondary N) is 1. The molecule has 0 aliphatic carbocycles. The number of nitrogen functional groups attached to an aromatic ring is 1. The molecule has 1 amide bonds. The van der Waals surface area contributed by atoms with E-state index < -0.39 is 29.5 Å². The predicted octanol–water partition coefficient (Wildman–Crippen LogP) is 2.16. The number of rotatable bonds is 10. The molecule has 0 saturated carbocycles. The number of carbonyl (C=O) groups excluding carboxylic acids is 1. The number of carbonyl (C=O) groups is 3. The van der Waals surface area contributed by atoms with Crippen LogP contribution in [0.1, 0.15) is 30.6 Å². The van der Waals surface area contributed by atoms with Gasteiger partial charge in [-0.15, -0.1) is 0 Å². The molecule has 160 valence electrons. The molecule has 0 spiro atoms. The van der Waals surface area contributed by atoms with Gasteiger partial charge in [-0.2, -0.15) is 0 Å². The van der Waals surface area contributed by atoms with Crippen LogP contribution in [0, 0.1) is 0 Å². The molecule has 0 heterocycles. The van der Waals surface area contributed by atoms with Gasteiger partial charge in [0.1, 0.15) is 17.5 Å². The molecule has 0 aliphatic rings. The second-order valence-corrected chi connectivity index (χ2v) is 7.01. The van der Waals surface area contributed by atoms with Gasteiger partial charge < -0.3 is 30.7 Å². The van der Waals surface area contributed by atoms with Crippen LogP contribution in [0.4, 0.5) is 5.69 Å². The van der Waals surface area contributed by atoms with E-state index in [1.807, 2.05) is 0 Å². The first-order chi connectivity index (χ1) is 14.1. The van der Waals surface area contributed by atoms with Crippen molar-refractivity contribution in [1.29, 1.82) is 0 Å². The van der Waals surface area contributed by atoms with Gasteiger partial charge in [0.25, 0.3) is 5.91 Å². The Morgan fingerprint density at radius 1 is 1.00 bits per heavy atom. The summed E-state index contributed by atoms with van der Waals surface area (Å²) in [4.78, 5) is 34.7. The molecule has 0 radical (unpaired) electrons. The SMILES string of the molecule is CC(C)(Oc1ccc(OCCC(NC(=O)c2ccc(N)cc2)C(=O)O)cc1)C(=O)O. The van der Waals surface area contributed by atoms with Gasteiger partial charge >= 0.3 is 11.9 Å². The van der Waals surface area contributed by atoms with Crippen molar-refractivity contribution in [2.45, 2.75) is 31.9 Å². The van der Waals surface area contributed by atoms with Crippen LogP contribution in [0.3, 0.4) is 0 Å². The van der Waals surface area contributed by atoms with E-state index in [0.717, 1.165) is 0 Å². The zero-order valence-corrected chi connectivity index (χ0v) is 16.6. The van der Waals surface area contributed by atoms with Crippen molar-refractivity contribution >= 4 is 23.5 Å². The molecule has 0 fully saturated rings. The van der Waals surface area contributed by atoms with Crippen LogP contribution in [0.5, 0.6) is 11.5 Å². The Morgan fingerprint density at radius 2 is 1.57 bits per heavy atom. The van der Waals surface area contributed by atoms with E-state index in [9.17, 15) is 19.5 Å². The van der Waals surface area contributed by atoms with Crippen LogP contribution in [0.2, 0.25) is 0 Å². The Labute approximate surface area is 173 Å². The Bertz CT molecular complexity index is 893. The highest BCUT2D eigenvalue weighted by Gasteiger charge is 2.29. The number of anilines is 1. The molecule has 0 bridgehead atoms. The number of aliphatic carboxylic acids is 2. The quantitative estimate of drug-likeness (QED) is 0.431. The summed E-state index contributed by atoms with van der Waals surface area (Å²) in [6.45, 7) is 2.91. The first kappa shape index (κ1) is 22.5. The molecule has 0 saturated heterocycles. The Morgan fingerprint density at radius 3 is 2.10 bits per heavy atom. The maximum absolute atomic E-state index is 12.2. The third kappa shape index (κ3) is 6.40. The van der Waals surface area contributed by atoms with Gasteiger partial charge in [0, 0.05) is 17.7 Å². The van der Waals surface area contributed by atoms with Gasteiger partial charge in [0.15, 0.2) is 5.60 Å². The van der Waals surface area contributed by atoms with Crippen LogP contribution < -0.4 is 20.5 Å². The summed E-state index contributed by atoms with van der Waals surface area (Å²) in [6, 6.07) is 11.3. The van der Waals surface area contributed by atoms with Crippen molar-refractivity contribution in [3.63, 3.8) is 0 Å². The molecule has 2 rings (SSSR count). The van der Waals surface area contributed by atoms with Crippen LogP contribution in [0.15, 0.2) is 48.5 Å². The minimum Gasteiger partial charge on any atom is -0.493 e. The fourth-order valence-electron chi connectivity index (χ4n) is 2.37. The molecule has 0 aromatic heterocycles. The van der Waals surface area contributed by atoms with Gasteiger partial charge in [-0.05, 0) is 62.4 Å². The first-order valence-electron chi connectivity index (χ1n) is 9.13. The lowest BCUT2D eigenvalue weighted by Crippen LogP contribution is -2.41. The number of hydrogen-bond donors (Lipinski definition) is 4. The summed E-state index contributed by atoms with van der Waals surface area (Å²) in [5, 5.41) is 20.9. The van der Waals surface area contributed by atoms with E-state index in [4.69, 9.17) is 20.3 Å². The topological polar surface area (TPSA) is 148 Å². The molecule has 30 heavy (non-hydrogen) atoms. The average Bonchev–Trinajstić information content (AvgIpc) is 2.68. The van der Waals surface area contributed by atoms with Crippen molar-refractivity contribution in [3.8, 4) is 11.5 Å². The Balaban J connectivity index is 1.88. The minimum atomic E-state index is -1.38. The van der Waals surface area contributed by atoms with E-state index in [2.05, 4.69) is 5.32 Å². The lowest BCUT2D eigenvalue weighted by molar-refractivity contribution is -0.152. The Kier molecular flexibility index (Phi) is 7.24. The van der Waals surface area contributed by atoms with Gasteiger partial charge in [-0.3, -0.25) is 4.79 Å². The smallest absolute Gasteiger partial charge is 0.347 e. The maximum atomic E-state index is 12.2. The third-order valence-corrected chi connectivity index (χ3v) is 4.16. The highest BCUT2D eigenvalue weighted by Crippen LogP contribution is 2.22. The number of carboxylic acid groups (broad SMARTS) is 2. The Hall–Kier alpha value is -3.75. The third-order valence-electron chi connectivity index (χ3n) is 4.16. The molecule has 1 atom stereocenters. The van der Waals surface area contributed by atoms with E-state index >= 15 is 0 Å². The summed E-state index contributed by atoms with van der Waals surface area (Å²) in [7, 11) is 0. The van der Waals surface area contributed by atoms with E-state index in [-0.39, 0.29) is 13.0 Å². The largest absolute Gasteiger partial charge is 0.493 e. The molecule has 9 heteroatoms. The molecule has 0 aliphatic heterocycles. The van der Waals surface area contributed by atoms with Gasteiger partial charge in [-0.1, -0.05) is 0 Å². The molecule has 1 unspecified atom stereocenters. The first-order valence-corrected chi connectivity index (χ1v) is 9.13. The van der Waals surface area contributed by atoms with Gasteiger partial charge in [0.2, 0.25) is 0 Å². The summed E-state index contributed by atoms with van der Waals surface area (Å²) in [6.07, 6.45) is 0.0420. The van der Waals surface area contributed by atoms with Crippen LogP contribution in [-0.2, 0) is 9.59 Å². The van der Waals surface area contributed by atoms with E-state index in [1.165, 1.54) is 26.0 Å². The second-order valence-electron chi connectivity index (χ2n) is 7.01. The van der Waals surface area contributed by atoms with Crippen LogP contribution in [-0.4, -0.2) is 46.3 Å². The number of hydrogen-bond acceptors (Lipinski definition) is 6. The molecule has 9 nitrogen and oxygen atoms in total. The van der Waals surface area contributed by atoms with Crippen molar-refractivity contribution in [2.24, 2.45) is 0 Å². The van der Waals surface area contributed by atoms with Gasteiger partial charge in [-0.25, -0.2) is 9.59 Å². The zero-order chi connectivity index (χ0) is 22.3. The molecular weight excluding hydrogens is 392 g/mol. The molecular formula is C21H24N2O7. The number of nitrogens with two attached hydrogens (primary N) is 1. The fraction of sp³-hybridized carbons (Fsp3) is 0.286. The van der Waals surface area contributed by atoms with E-state index in [1.54, 1.807) is 36.4 Å². The molecule has 2 aromatic rings. The monoisotopic (exact) mass is 416 g/mol. The van der Waals surface area contributed by atoms with Crippen molar-refractivity contribution < 1.29 is 34.1 Å². The summed E-state index contributed by atoms with van der Waals surface area (Å²) < 4.78 is 10.9. The summed E-state index contributed by atoms with van der Waals surface area (Å²) in [5.41, 5.74) is 5.00. The lowest BCUT2D eigenvalue weighted by Gasteiger charge is -2.21. The van der Waals surface area contributed by atoms with Crippen molar-refractivity contribution in [1.82, 2.24) is 5.32 Å². The van der Waals surface area contributed by atoms with Crippen LogP contribution in [0.25, 0.3) is 0 Å². The minimum absolute atomic E-state index is 0.0415. The second kappa shape index (κ2) is 9.64. The van der Waals surface area contributed by atoms with Crippen molar-refractivity contribution in [3.05, 3.63) is 54.1 Å². The normalized spacial score (nSPS) is 11.9. The van der Waals surface area contributed by atoms with Gasteiger partial charge in [0.05, 0.1) is 6.61 Å². The standard InChI is InChI=1S/C21H24N2O7/c1-21(2,20(27)28)30-16-9-7-15(8-10-16)29-12-11-17(19(25)26)23-18(24)13-3-5-14(22)6-4-13/h3-10,17H,11-12,22H2,1-2H3,(H,23,24)(H,25,26)(H,27,28). The predicted molar refractivity (Wildman–Crippen MR) is 109 cm³/mol. The molecule has 2 aromatic carbocycles. The maximum Gasteiger partial charge on any atom is 0.347 e. The summed E-state index contributed by atoms with van der Waals surface area (Å²) in [5.74, 6) is -1.99. The van der Waals surface area contributed by atoms with Crippen LogP contribution >= 0.6 is 0 Å². The number of benzene rings is 2. The average molecular weight is 416 g/mol. The summed E-state index contributed by atoms with van der Waals surface area (Å²) >= 11 is 0. The zero-order valence-electron chi connectivity index (χ0n) is 16.6. The fourth-order valence-corrected chi connectivity index (χ4v) is 2.37. The highest BCUT2D eigenvalue weighted by atomic mass is 16.5. The number of amides is 1. The lowest BCUT2D eigenvalue weighted by atomic mass is 10.1. The van der Waals surface area contributed by atoms with Crippen molar-refractivity contribution in [2.75, 3.05) is 12.3 Å². The molecule has 5 N–H and O–H groups in total. The highest BCUT2D eigenvalue weighted by molar-refractivity contribution is 5.96. The van der Waals surface area contributed by atoms with E-state index in [0.29, 0.717) is 22.7 Å². The number of ether oxygens (including phenoxy) is 2. The number of carboxylic acids is 2.